The Morgan fingerprint density at radius 3 is 3.10 bits per heavy atom. The van der Waals surface area contributed by atoms with Gasteiger partial charge in [0.25, 0.3) is 0 Å². The largest absolute Gasteiger partial charge is 0.276 e. The Hall–Kier alpha value is -1.38. The van der Waals surface area contributed by atoms with Crippen LogP contribution < -0.4 is 0 Å². The van der Waals surface area contributed by atoms with E-state index in [1.165, 1.54) is 0 Å². The quantitative estimate of drug-likeness (QED) is 0.596. The predicted octanol–water partition coefficient (Wildman–Crippen LogP) is 1.59. The molecule has 0 aromatic carbocycles. The second kappa shape index (κ2) is 2.47. The minimum absolute atomic E-state index is 0. The van der Waals surface area contributed by atoms with Gasteiger partial charge in [0.2, 0.25) is 0 Å². The van der Waals surface area contributed by atoms with Crippen LogP contribution in [0.2, 0.25) is 0 Å². The molecule has 3 heteroatoms. The van der Waals surface area contributed by atoms with Crippen LogP contribution in [0.4, 0.5) is 0 Å². The summed E-state index contributed by atoms with van der Waals surface area (Å²) in [6.07, 6.45) is 3.45. The number of aromatic nitrogens is 3. The number of H-pyrrole nitrogens is 1. The van der Waals surface area contributed by atoms with Crippen molar-refractivity contribution in [2.45, 2.75) is 7.43 Å². The summed E-state index contributed by atoms with van der Waals surface area (Å²) in [5.41, 5.74) is 1.90. The molecule has 3 nitrogen and oxygen atoms in total. The van der Waals surface area contributed by atoms with Gasteiger partial charge in [-0.3, -0.25) is 10.1 Å². The lowest BCUT2D eigenvalue weighted by atomic mass is 10.4. The van der Waals surface area contributed by atoms with E-state index >= 15 is 0 Å². The SMILES string of the molecule is C.c1cnc2cn[nH]c2c1. The molecule has 0 bridgehead atoms. The first-order valence-electron chi connectivity index (χ1n) is 2.71. The van der Waals surface area contributed by atoms with Crippen LogP contribution in [0.1, 0.15) is 7.43 Å². The molecular formula is C7H9N3. The fraction of sp³-hybridized carbons (Fsp3) is 0.143. The van der Waals surface area contributed by atoms with Gasteiger partial charge < -0.3 is 0 Å². The molecule has 2 heterocycles. The zero-order valence-corrected chi connectivity index (χ0v) is 4.70. The number of rotatable bonds is 0. The Kier molecular flexibility index (Phi) is 1.67. The minimum Gasteiger partial charge on any atom is -0.276 e. The van der Waals surface area contributed by atoms with E-state index in [2.05, 4.69) is 15.2 Å². The summed E-state index contributed by atoms with van der Waals surface area (Å²) in [6.45, 7) is 0. The number of fused-ring (bicyclic) bond motifs is 1. The van der Waals surface area contributed by atoms with Gasteiger partial charge in [0.15, 0.2) is 0 Å². The summed E-state index contributed by atoms with van der Waals surface area (Å²) in [4.78, 5) is 4.05. The summed E-state index contributed by atoms with van der Waals surface area (Å²) in [5.74, 6) is 0. The summed E-state index contributed by atoms with van der Waals surface area (Å²) >= 11 is 0. The molecule has 2 aromatic heterocycles. The van der Waals surface area contributed by atoms with E-state index in [0.29, 0.717) is 0 Å². The fourth-order valence-electron chi connectivity index (χ4n) is 0.778. The smallest absolute Gasteiger partial charge is 0.108 e. The summed E-state index contributed by atoms with van der Waals surface area (Å²) in [7, 11) is 0. The van der Waals surface area contributed by atoms with Crippen molar-refractivity contribution in [3.05, 3.63) is 24.5 Å². The minimum atomic E-state index is 0. The molecule has 52 valence electrons. The molecule has 0 atom stereocenters. The van der Waals surface area contributed by atoms with Crippen LogP contribution in [0.15, 0.2) is 24.5 Å². The normalized spacial score (nSPS) is 9.20. The highest BCUT2D eigenvalue weighted by Crippen LogP contribution is 2.02. The average molecular weight is 135 g/mol. The lowest BCUT2D eigenvalue weighted by Gasteiger charge is -1.80. The second-order valence-electron chi connectivity index (χ2n) is 1.81. The molecule has 0 unspecified atom stereocenters. The highest BCUT2D eigenvalue weighted by molar-refractivity contribution is 5.72. The Labute approximate surface area is 59.1 Å². The van der Waals surface area contributed by atoms with E-state index in [4.69, 9.17) is 0 Å². The first-order valence-corrected chi connectivity index (χ1v) is 2.71. The molecule has 0 aliphatic heterocycles. The van der Waals surface area contributed by atoms with Crippen molar-refractivity contribution < 1.29 is 0 Å². The maximum atomic E-state index is 4.05. The van der Waals surface area contributed by atoms with Gasteiger partial charge in [-0.2, -0.15) is 5.10 Å². The van der Waals surface area contributed by atoms with Gasteiger partial charge >= 0.3 is 0 Å². The van der Waals surface area contributed by atoms with Gasteiger partial charge in [0.1, 0.15) is 5.52 Å². The van der Waals surface area contributed by atoms with Gasteiger partial charge in [-0.15, -0.1) is 0 Å². The van der Waals surface area contributed by atoms with E-state index in [1.807, 2.05) is 12.1 Å². The molecule has 0 amide bonds. The van der Waals surface area contributed by atoms with Crippen molar-refractivity contribution in [2.24, 2.45) is 0 Å². The van der Waals surface area contributed by atoms with E-state index in [0.717, 1.165) is 11.0 Å². The van der Waals surface area contributed by atoms with E-state index in [-0.39, 0.29) is 7.43 Å². The standard InChI is InChI=1S/C6H5N3.CH4/c1-2-5-6(7-3-1)4-8-9-5;/h1-4H,(H,8,9);1H4. The van der Waals surface area contributed by atoms with Crippen LogP contribution >= 0.6 is 0 Å². The van der Waals surface area contributed by atoms with Crippen molar-refractivity contribution in [3.63, 3.8) is 0 Å². The highest BCUT2D eigenvalue weighted by atomic mass is 15.1. The predicted molar refractivity (Wildman–Crippen MR) is 40.6 cm³/mol. The number of pyridine rings is 1. The molecule has 0 saturated heterocycles. The third-order valence-electron chi connectivity index (χ3n) is 1.21. The van der Waals surface area contributed by atoms with Crippen LogP contribution in [0.3, 0.4) is 0 Å². The molecule has 2 aromatic rings. The van der Waals surface area contributed by atoms with Crippen LogP contribution in [0, 0.1) is 0 Å². The first-order chi connectivity index (χ1) is 4.47. The van der Waals surface area contributed by atoms with Crippen molar-refractivity contribution in [1.29, 1.82) is 0 Å². The molecule has 10 heavy (non-hydrogen) atoms. The molecule has 1 N–H and O–H groups in total. The summed E-state index contributed by atoms with van der Waals surface area (Å²) in [5, 5.41) is 6.62. The van der Waals surface area contributed by atoms with Gasteiger partial charge in [0.05, 0.1) is 11.7 Å². The zero-order chi connectivity index (χ0) is 6.10. The maximum absolute atomic E-state index is 4.05. The number of hydrogen-bond donors (Lipinski definition) is 1. The first kappa shape index (κ1) is 6.74. The van der Waals surface area contributed by atoms with Gasteiger partial charge in [-0.1, -0.05) is 7.43 Å². The van der Waals surface area contributed by atoms with Crippen molar-refractivity contribution in [2.75, 3.05) is 0 Å². The van der Waals surface area contributed by atoms with Crippen molar-refractivity contribution >= 4 is 11.0 Å². The summed E-state index contributed by atoms with van der Waals surface area (Å²) < 4.78 is 0. The Morgan fingerprint density at radius 1 is 1.40 bits per heavy atom. The molecular weight excluding hydrogens is 126 g/mol. The highest BCUT2D eigenvalue weighted by Gasteiger charge is 1.89. The molecule has 0 spiro atoms. The maximum Gasteiger partial charge on any atom is 0.108 e. The van der Waals surface area contributed by atoms with Gasteiger partial charge in [-0.25, -0.2) is 0 Å². The zero-order valence-electron chi connectivity index (χ0n) is 4.70. The Bertz CT molecular complexity index is 283. The van der Waals surface area contributed by atoms with Crippen LogP contribution in [-0.4, -0.2) is 15.2 Å². The molecule has 0 fully saturated rings. The van der Waals surface area contributed by atoms with Crippen molar-refractivity contribution in [3.8, 4) is 0 Å². The van der Waals surface area contributed by atoms with Crippen molar-refractivity contribution in [1.82, 2.24) is 15.2 Å². The van der Waals surface area contributed by atoms with E-state index < -0.39 is 0 Å². The summed E-state index contributed by atoms with van der Waals surface area (Å²) in [6, 6.07) is 3.82. The molecule has 0 aliphatic carbocycles. The number of nitrogens with zero attached hydrogens (tertiary/aromatic N) is 2. The number of hydrogen-bond acceptors (Lipinski definition) is 2. The third kappa shape index (κ3) is 0.857. The monoisotopic (exact) mass is 135 g/mol. The molecule has 0 aliphatic rings. The fourth-order valence-corrected chi connectivity index (χ4v) is 0.778. The molecule has 0 saturated carbocycles. The lowest BCUT2D eigenvalue weighted by molar-refractivity contribution is 1.12. The number of aromatic amines is 1. The van der Waals surface area contributed by atoms with Crippen LogP contribution in [0.5, 0.6) is 0 Å². The molecule has 0 radical (unpaired) electrons. The lowest BCUT2D eigenvalue weighted by Crippen LogP contribution is -1.69. The van der Waals surface area contributed by atoms with Gasteiger partial charge in [0, 0.05) is 6.20 Å². The second-order valence-corrected chi connectivity index (χ2v) is 1.81. The van der Waals surface area contributed by atoms with E-state index in [9.17, 15) is 0 Å². The topological polar surface area (TPSA) is 41.6 Å². The van der Waals surface area contributed by atoms with Crippen LogP contribution in [-0.2, 0) is 0 Å². The van der Waals surface area contributed by atoms with E-state index in [1.54, 1.807) is 12.4 Å². The molecule has 2 rings (SSSR count). The average Bonchev–Trinajstić information content (AvgIpc) is 2.33. The number of nitrogens with one attached hydrogen (secondary N) is 1. The Morgan fingerprint density at radius 2 is 2.30 bits per heavy atom. The Balaban J connectivity index is 0.000000500. The van der Waals surface area contributed by atoms with Crippen LogP contribution in [0.25, 0.3) is 11.0 Å². The van der Waals surface area contributed by atoms with Gasteiger partial charge in [-0.05, 0) is 12.1 Å². The third-order valence-corrected chi connectivity index (χ3v) is 1.21.